The van der Waals surface area contributed by atoms with Crippen molar-refractivity contribution < 1.29 is 28.5 Å². The topological polar surface area (TPSA) is 74.4 Å². The molecule has 6 nitrogen and oxygen atoms in total. The molecule has 1 aromatic rings. The molecule has 28 heavy (non-hydrogen) atoms. The van der Waals surface area contributed by atoms with Gasteiger partial charge in [-0.1, -0.05) is 12.2 Å². The fourth-order valence-electron chi connectivity index (χ4n) is 3.20. The van der Waals surface area contributed by atoms with Gasteiger partial charge in [0.15, 0.2) is 0 Å². The van der Waals surface area contributed by atoms with Crippen LogP contribution in [0.4, 0.5) is 0 Å². The number of carbonyl (C=O) groups is 2. The van der Waals surface area contributed by atoms with E-state index < -0.39 is 5.97 Å². The zero-order valence-corrected chi connectivity index (χ0v) is 16.6. The number of ketones is 1. The standard InChI is InChI=1S/C22H28O6/c1-15-7-6-10-17(23)9-5-3-4-8-16-11-18(26-13-19-14-27-19)12-20(25-2)21(16)22(24)28-15/h4,8,11-12,15,19H,3,5-7,9-10,13-14H2,1-2H3. The van der Waals surface area contributed by atoms with Gasteiger partial charge in [-0.15, -0.1) is 0 Å². The minimum Gasteiger partial charge on any atom is -0.496 e. The van der Waals surface area contributed by atoms with Crippen molar-refractivity contribution in [3.63, 3.8) is 0 Å². The Labute approximate surface area is 165 Å². The fourth-order valence-corrected chi connectivity index (χ4v) is 3.20. The summed E-state index contributed by atoms with van der Waals surface area (Å²) in [6, 6.07) is 3.53. The Morgan fingerprint density at radius 3 is 2.71 bits per heavy atom. The molecule has 1 saturated heterocycles. The highest BCUT2D eigenvalue weighted by atomic mass is 16.6. The first-order valence-corrected chi connectivity index (χ1v) is 9.92. The highest BCUT2D eigenvalue weighted by molar-refractivity contribution is 5.97. The van der Waals surface area contributed by atoms with Crippen LogP contribution in [0.3, 0.4) is 0 Å². The number of carbonyl (C=O) groups excluding carboxylic acids is 2. The first-order valence-electron chi connectivity index (χ1n) is 9.92. The number of epoxide rings is 1. The quantitative estimate of drug-likeness (QED) is 0.574. The van der Waals surface area contributed by atoms with Crippen molar-refractivity contribution in [2.75, 3.05) is 20.3 Å². The summed E-state index contributed by atoms with van der Waals surface area (Å²) in [5.74, 6) is 0.884. The zero-order valence-electron chi connectivity index (χ0n) is 16.6. The molecule has 2 aliphatic rings. The van der Waals surface area contributed by atoms with E-state index >= 15 is 0 Å². The van der Waals surface area contributed by atoms with Crippen LogP contribution in [0.2, 0.25) is 0 Å². The number of hydrogen-bond acceptors (Lipinski definition) is 6. The summed E-state index contributed by atoms with van der Waals surface area (Å²) in [7, 11) is 1.53. The molecule has 0 saturated carbocycles. The van der Waals surface area contributed by atoms with Crippen molar-refractivity contribution in [2.24, 2.45) is 0 Å². The second-order valence-corrected chi connectivity index (χ2v) is 7.30. The number of esters is 1. The van der Waals surface area contributed by atoms with Gasteiger partial charge in [-0.2, -0.15) is 0 Å². The fraction of sp³-hybridized carbons (Fsp3) is 0.545. The van der Waals surface area contributed by atoms with Crippen LogP contribution in [-0.2, 0) is 14.3 Å². The smallest absolute Gasteiger partial charge is 0.342 e. The Morgan fingerprint density at radius 2 is 1.96 bits per heavy atom. The first-order chi connectivity index (χ1) is 13.6. The van der Waals surface area contributed by atoms with Gasteiger partial charge in [0.05, 0.1) is 19.8 Å². The number of benzene rings is 1. The van der Waals surface area contributed by atoms with E-state index in [2.05, 4.69) is 0 Å². The van der Waals surface area contributed by atoms with Gasteiger partial charge < -0.3 is 18.9 Å². The Hall–Kier alpha value is -2.34. The molecule has 3 rings (SSSR count). The number of cyclic esters (lactones) is 1. The summed E-state index contributed by atoms with van der Waals surface area (Å²) < 4.78 is 22.1. The third kappa shape index (κ3) is 5.83. The average molecular weight is 388 g/mol. The second-order valence-electron chi connectivity index (χ2n) is 7.30. The molecule has 0 aliphatic carbocycles. The highest BCUT2D eigenvalue weighted by Crippen LogP contribution is 2.32. The van der Waals surface area contributed by atoms with Crippen LogP contribution in [-0.4, -0.2) is 44.3 Å². The lowest BCUT2D eigenvalue weighted by molar-refractivity contribution is -0.119. The third-order valence-electron chi connectivity index (χ3n) is 4.87. The van der Waals surface area contributed by atoms with Gasteiger partial charge in [0, 0.05) is 18.9 Å². The van der Waals surface area contributed by atoms with Gasteiger partial charge in [0.2, 0.25) is 0 Å². The molecule has 2 unspecified atom stereocenters. The SMILES string of the molecule is COc1cc(OCC2CO2)cc2c1C(=O)OC(C)CCCC(=O)CCCC=C2. The lowest BCUT2D eigenvalue weighted by atomic mass is 10.0. The predicted octanol–water partition coefficient (Wildman–Crippen LogP) is 3.95. The van der Waals surface area contributed by atoms with E-state index in [-0.39, 0.29) is 18.0 Å². The number of fused-ring (bicyclic) bond motifs is 1. The molecule has 0 spiro atoms. The maximum Gasteiger partial charge on any atom is 0.342 e. The molecule has 152 valence electrons. The number of rotatable bonds is 4. The lowest BCUT2D eigenvalue weighted by Gasteiger charge is -2.18. The first kappa shape index (κ1) is 20.4. The Morgan fingerprint density at radius 1 is 1.18 bits per heavy atom. The van der Waals surface area contributed by atoms with Crippen molar-refractivity contribution in [3.8, 4) is 11.5 Å². The molecule has 1 aromatic carbocycles. The molecule has 2 aliphatic heterocycles. The molecular weight excluding hydrogens is 360 g/mol. The van der Waals surface area contributed by atoms with Crippen molar-refractivity contribution in [1.29, 1.82) is 0 Å². The minimum absolute atomic E-state index is 0.138. The van der Waals surface area contributed by atoms with E-state index in [1.54, 1.807) is 6.07 Å². The molecule has 2 atom stereocenters. The Kier molecular flexibility index (Phi) is 7.09. The monoisotopic (exact) mass is 388 g/mol. The summed E-state index contributed by atoms with van der Waals surface area (Å²) in [4.78, 5) is 24.8. The van der Waals surface area contributed by atoms with Gasteiger partial charge in [-0.25, -0.2) is 4.79 Å². The van der Waals surface area contributed by atoms with Crippen LogP contribution in [0.25, 0.3) is 6.08 Å². The highest BCUT2D eigenvalue weighted by Gasteiger charge is 2.25. The summed E-state index contributed by atoms with van der Waals surface area (Å²) in [6.45, 7) is 3.03. The summed E-state index contributed by atoms with van der Waals surface area (Å²) in [5.41, 5.74) is 1.08. The van der Waals surface area contributed by atoms with E-state index in [1.807, 2.05) is 25.1 Å². The number of allylic oxidation sites excluding steroid dienone is 1. The summed E-state index contributed by atoms with van der Waals surface area (Å²) in [5, 5.41) is 0. The molecule has 0 amide bonds. The molecule has 0 aromatic heterocycles. The largest absolute Gasteiger partial charge is 0.496 e. The Balaban J connectivity index is 1.89. The van der Waals surface area contributed by atoms with E-state index in [9.17, 15) is 9.59 Å². The van der Waals surface area contributed by atoms with Crippen molar-refractivity contribution in [1.82, 2.24) is 0 Å². The Bertz CT molecular complexity index is 735. The van der Waals surface area contributed by atoms with Crippen LogP contribution >= 0.6 is 0 Å². The van der Waals surface area contributed by atoms with E-state index in [0.29, 0.717) is 55.1 Å². The van der Waals surface area contributed by atoms with Crippen LogP contribution in [0.15, 0.2) is 18.2 Å². The maximum atomic E-state index is 12.9. The predicted molar refractivity (Wildman–Crippen MR) is 105 cm³/mol. The number of methoxy groups -OCH3 is 1. The van der Waals surface area contributed by atoms with E-state index in [4.69, 9.17) is 18.9 Å². The van der Waals surface area contributed by atoms with Crippen molar-refractivity contribution >= 4 is 17.8 Å². The van der Waals surface area contributed by atoms with E-state index in [0.717, 1.165) is 19.3 Å². The van der Waals surface area contributed by atoms with Crippen molar-refractivity contribution in [3.05, 3.63) is 29.3 Å². The minimum atomic E-state index is -0.426. The molecule has 0 bridgehead atoms. The van der Waals surface area contributed by atoms with Crippen LogP contribution in [0, 0.1) is 0 Å². The van der Waals surface area contributed by atoms with Gasteiger partial charge in [0.25, 0.3) is 0 Å². The number of ether oxygens (including phenoxy) is 4. The number of Topliss-reactive ketones (excluding diaryl/α,β-unsaturated/α-hetero) is 1. The summed E-state index contributed by atoms with van der Waals surface area (Å²) in [6.07, 6.45) is 7.79. The van der Waals surface area contributed by atoms with Gasteiger partial charge in [-0.3, -0.25) is 4.79 Å². The molecule has 2 heterocycles. The van der Waals surface area contributed by atoms with E-state index in [1.165, 1.54) is 7.11 Å². The maximum absolute atomic E-state index is 12.9. The molecule has 6 heteroatoms. The van der Waals surface area contributed by atoms with Crippen LogP contribution < -0.4 is 9.47 Å². The third-order valence-corrected chi connectivity index (χ3v) is 4.87. The van der Waals surface area contributed by atoms with Gasteiger partial charge in [0.1, 0.15) is 35.6 Å². The molecule has 0 N–H and O–H groups in total. The molecule has 0 radical (unpaired) electrons. The lowest BCUT2D eigenvalue weighted by Crippen LogP contribution is -2.17. The van der Waals surface area contributed by atoms with Gasteiger partial charge in [-0.05, 0) is 44.2 Å². The average Bonchev–Trinajstić information content (AvgIpc) is 3.49. The molecule has 1 fully saturated rings. The summed E-state index contributed by atoms with van der Waals surface area (Å²) >= 11 is 0. The van der Waals surface area contributed by atoms with Crippen LogP contribution in [0.1, 0.15) is 61.4 Å². The number of hydrogen-bond donors (Lipinski definition) is 0. The van der Waals surface area contributed by atoms with Crippen LogP contribution in [0.5, 0.6) is 11.5 Å². The zero-order chi connectivity index (χ0) is 19.9. The second kappa shape index (κ2) is 9.73. The van der Waals surface area contributed by atoms with Gasteiger partial charge >= 0.3 is 5.97 Å². The van der Waals surface area contributed by atoms with Crippen molar-refractivity contribution in [2.45, 2.75) is 57.7 Å². The normalized spacial score (nSPS) is 23.4. The molecular formula is C22H28O6.